The summed E-state index contributed by atoms with van der Waals surface area (Å²) in [7, 11) is 0. The lowest BCUT2D eigenvalue weighted by molar-refractivity contribution is 0.00552. The van der Waals surface area contributed by atoms with Crippen molar-refractivity contribution in [2.24, 2.45) is 5.41 Å². The highest BCUT2D eigenvalue weighted by Crippen LogP contribution is 2.42. The Kier molecular flexibility index (Phi) is 5.38. The van der Waals surface area contributed by atoms with E-state index >= 15 is 0 Å². The van der Waals surface area contributed by atoms with Crippen molar-refractivity contribution >= 4 is 0 Å². The molecule has 0 unspecified atom stereocenters. The molecule has 1 atom stereocenters. The summed E-state index contributed by atoms with van der Waals surface area (Å²) in [4.78, 5) is 7.00. The minimum atomic E-state index is 0.222. The SMILES string of the molecule is Cc1cccc(COC[C@H]2CC3(CCN(Cc4ccoc4)CC3)CO2)n1. The van der Waals surface area contributed by atoms with Crippen LogP contribution in [0.1, 0.15) is 36.2 Å². The van der Waals surface area contributed by atoms with E-state index in [-0.39, 0.29) is 6.10 Å². The lowest BCUT2D eigenvalue weighted by atomic mass is 9.76. The van der Waals surface area contributed by atoms with E-state index in [0.717, 1.165) is 44.0 Å². The van der Waals surface area contributed by atoms with Crippen LogP contribution in [0.15, 0.2) is 41.2 Å². The van der Waals surface area contributed by atoms with Gasteiger partial charge in [0.1, 0.15) is 0 Å². The van der Waals surface area contributed by atoms with Gasteiger partial charge in [-0.1, -0.05) is 6.07 Å². The summed E-state index contributed by atoms with van der Waals surface area (Å²) >= 11 is 0. The summed E-state index contributed by atoms with van der Waals surface area (Å²) in [6.45, 7) is 7.37. The Morgan fingerprint density at radius 3 is 2.92 bits per heavy atom. The summed E-state index contributed by atoms with van der Waals surface area (Å²) < 4.78 is 17.1. The van der Waals surface area contributed by atoms with Gasteiger partial charge in [0.15, 0.2) is 0 Å². The number of likely N-dealkylation sites (tertiary alicyclic amines) is 1. The van der Waals surface area contributed by atoms with Gasteiger partial charge in [-0.2, -0.15) is 0 Å². The van der Waals surface area contributed by atoms with Gasteiger partial charge in [0.25, 0.3) is 0 Å². The second-order valence-corrected chi connectivity index (χ2v) is 7.83. The number of nitrogens with zero attached hydrogens (tertiary/aromatic N) is 2. The van der Waals surface area contributed by atoms with Gasteiger partial charge in [-0.15, -0.1) is 0 Å². The van der Waals surface area contributed by atoms with E-state index in [0.29, 0.717) is 18.6 Å². The zero-order valence-electron chi connectivity index (χ0n) is 15.5. The maximum Gasteiger partial charge on any atom is 0.0947 e. The molecule has 0 aliphatic carbocycles. The highest BCUT2D eigenvalue weighted by atomic mass is 16.5. The van der Waals surface area contributed by atoms with E-state index < -0.39 is 0 Å². The molecule has 2 fully saturated rings. The Morgan fingerprint density at radius 2 is 2.15 bits per heavy atom. The molecular weight excluding hydrogens is 328 g/mol. The van der Waals surface area contributed by atoms with Crippen LogP contribution >= 0.6 is 0 Å². The van der Waals surface area contributed by atoms with Gasteiger partial charge in [-0.05, 0) is 62.9 Å². The number of ether oxygens (including phenoxy) is 2. The summed E-state index contributed by atoms with van der Waals surface area (Å²) in [5.74, 6) is 0. The Morgan fingerprint density at radius 1 is 1.27 bits per heavy atom. The molecule has 0 aromatic carbocycles. The topological polar surface area (TPSA) is 47.7 Å². The molecular formula is C21H28N2O3. The Bertz CT molecular complexity index is 693. The van der Waals surface area contributed by atoms with E-state index in [1.54, 1.807) is 6.26 Å². The molecule has 2 aromatic heterocycles. The number of hydrogen-bond acceptors (Lipinski definition) is 5. The molecule has 26 heavy (non-hydrogen) atoms. The fourth-order valence-electron chi connectivity index (χ4n) is 4.15. The van der Waals surface area contributed by atoms with Crippen LogP contribution in [0.4, 0.5) is 0 Å². The summed E-state index contributed by atoms with van der Waals surface area (Å²) in [5, 5.41) is 0. The molecule has 2 aliphatic heterocycles. The smallest absolute Gasteiger partial charge is 0.0947 e. The largest absolute Gasteiger partial charge is 0.472 e. The van der Waals surface area contributed by atoms with Crippen molar-refractivity contribution in [1.29, 1.82) is 0 Å². The van der Waals surface area contributed by atoms with E-state index in [2.05, 4.69) is 16.0 Å². The summed E-state index contributed by atoms with van der Waals surface area (Å²) in [5.41, 5.74) is 3.64. The number of piperidine rings is 1. The number of aryl methyl sites for hydroxylation is 1. The number of rotatable bonds is 6. The molecule has 4 rings (SSSR count). The lowest BCUT2D eigenvalue weighted by Crippen LogP contribution is -2.40. The van der Waals surface area contributed by atoms with Crippen molar-refractivity contribution in [3.63, 3.8) is 0 Å². The van der Waals surface area contributed by atoms with Crippen molar-refractivity contribution in [1.82, 2.24) is 9.88 Å². The molecule has 5 heteroatoms. The van der Waals surface area contributed by atoms with Gasteiger partial charge < -0.3 is 13.9 Å². The first-order valence-corrected chi connectivity index (χ1v) is 9.56. The summed E-state index contributed by atoms with van der Waals surface area (Å²) in [6, 6.07) is 8.10. The zero-order chi connectivity index (χ0) is 17.8. The van der Waals surface area contributed by atoms with Crippen molar-refractivity contribution < 1.29 is 13.9 Å². The average molecular weight is 356 g/mol. The van der Waals surface area contributed by atoms with Crippen LogP contribution in [0, 0.1) is 12.3 Å². The van der Waals surface area contributed by atoms with Crippen LogP contribution in [0.2, 0.25) is 0 Å². The van der Waals surface area contributed by atoms with Gasteiger partial charge in [-0.25, -0.2) is 0 Å². The van der Waals surface area contributed by atoms with Gasteiger partial charge in [0.05, 0.1) is 44.1 Å². The van der Waals surface area contributed by atoms with Crippen molar-refractivity contribution in [3.8, 4) is 0 Å². The average Bonchev–Trinajstić information content (AvgIpc) is 3.28. The second kappa shape index (κ2) is 7.91. The normalized spacial score (nSPS) is 22.9. The van der Waals surface area contributed by atoms with Crippen LogP contribution in [0.25, 0.3) is 0 Å². The number of hydrogen-bond donors (Lipinski definition) is 0. The third-order valence-corrected chi connectivity index (χ3v) is 5.69. The molecule has 0 saturated carbocycles. The minimum Gasteiger partial charge on any atom is -0.472 e. The van der Waals surface area contributed by atoms with Crippen LogP contribution in [-0.4, -0.2) is 42.3 Å². The van der Waals surface area contributed by atoms with Gasteiger partial charge in [0.2, 0.25) is 0 Å². The maximum atomic E-state index is 6.07. The second-order valence-electron chi connectivity index (χ2n) is 7.83. The fourth-order valence-corrected chi connectivity index (χ4v) is 4.15. The molecule has 140 valence electrons. The number of furan rings is 1. The fraction of sp³-hybridized carbons (Fsp3) is 0.571. The van der Waals surface area contributed by atoms with Crippen LogP contribution in [0.3, 0.4) is 0 Å². The van der Waals surface area contributed by atoms with Crippen LogP contribution in [-0.2, 0) is 22.6 Å². The monoisotopic (exact) mass is 356 g/mol. The predicted octanol–water partition coefficient (Wildman–Crippen LogP) is 3.57. The number of aromatic nitrogens is 1. The van der Waals surface area contributed by atoms with Crippen molar-refractivity contribution in [3.05, 3.63) is 53.7 Å². The Balaban J connectivity index is 1.20. The molecule has 4 heterocycles. The molecule has 2 saturated heterocycles. The van der Waals surface area contributed by atoms with Crippen molar-refractivity contribution in [2.75, 3.05) is 26.3 Å². The van der Waals surface area contributed by atoms with E-state index in [1.807, 2.05) is 31.4 Å². The van der Waals surface area contributed by atoms with E-state index in [1.165, 1.54) is 18.4 Å². The molecule has 2 aliphatic rings. The summed E-state index contributed by atoms with van der Waals surface area (Å²) in [6.07, 6.45) is 7.36. The Labute approximate surface area is 155 Å². The highest BCUT2D eigenvalue weighted by molar-refractivity contribution is 5.09. The first kappa shape index (κ1) is 17.7. The molecule has 2 aromatic rings. The third kappa shape index (κ3) is 4.34. The maximum absolute atomic E-state index is 6.07. The van der Waals surface area contributed by atoms with Gasteiger partial charge >= 0.3 is 0 Å². The van der Waals surface area contributed by atoms with Gasteiger partial charge in [0, 0.05) is 17.8 Å². The first-order chi connectivity index (χ1) is 12.7. The van der Waals surface area contributed by atoms with E-state index in [4.69, 9.17) is 13.9 Å². The van der Waals surface area contributed by atoms with Crippen LogP contribution in [0.5, 0.6) is 0 Å². The molecule has 5 nitrogen and oxygen atoms in total. The molecule has 0 bridgehead atoms. The molecule has 0 radical (unpaired) electrons. The quantitative estimate of drug-likeness (QED) is 0.792. The standard InChI is InChI=1S/C21H28N2O3/c1-17-3-2-4-19(22-17)14-25-15-20-11-21(16-26-20)6-8-23(9-7-21)12-18-5-10-24-13-18/h2-5,10,13,20H,6-9,11-12,14-16H2,1H3/t20-/m1/s1. The number of pyridine rings is 1. The predicted molar refractivity (Wildman–Crippen MR) is 98.6 cm³/mol. The molecule has 0 amide bonds. The third-order valence-electron chi connectivity index (χ3n) is 5.69. The van der Waals surface area contributed by atoms with Crippen molar-refractivity contribution in [2.45, 2.75) is 45.4 Å². The Hall–Kier alpha value is -1.69. The first-order valence-electron chi connectivity index (χ1n) is 9.56. The molecule has 0 N–H and O–H groups in total. The van der Waals surface area contributed by atoms with E-state index in [9.17, 15) is 0 Å². The minimum absolute atomic E-state index is 0.222. The van der Waals surface area contributed by atoms with Crippen LogP contribution < -0.4 is 0 Å². The highest BCUT2D eigenvalue weighted by Gasteiger charge is 2.42. The molecule has 1 spiro atoms. The van der Waals surface area contributed by atoms with Gasteiger partial charge in [-0.3, -0.25) is 9.88 Å². The zero-order valence-corrected chi connectivity index (χ0v) is 15.5. The lowest BCUT2D eigenvalue weighted by Gasteiger charge is -2.38.